The number of carbonyl (C=O) groups is 1. The summed E-state index contributed by atoms with van der Waals surface area (Å²) in [5.41, 5.74) is 1.97. The third kappa shape index (κ3) is 3.01. The molecule has 0 saturated heterocycles. The Hall–Kier alpha value is -3.94. The smallest absolute Gasteiger partial charge is 0.256 e. The molecule has 0 saturated carbocycles. The number of aromatic nitrogens is 4. The van der Waals surface area contributed by atoms with E-state index < -0.39 is 5.91 Å². The SMILES string of the molecule is COc1ccc(-n2cnnc2)cc1NC(=O)c1cc(=O)n(C)c2ccccc12. The van der Waals surface area contributed by atoms with Crippen LogP contribution in [0.4, 0.5) is 5.69 Å². The van der Waals surface area contributed by atoms with Gasteiger partial charge in [0, 0.05) is 18.5 Å². The molecule has 0 bridgehead atoms. The highest BCUT2D eigenvalue weighted by atomic mass is 16.5. The number of hydrogen-bond donors (Lipinski definition) is 1. The molecule has 4 aromatic rings. The zero-order valence-corrected chi connectivity index (χ0v) is 15.3. The topological polar surface area (TPSA) is 91.0 Å². The van der Waals surface area contributed by atoms with Crippen LogP contribution in [0.2, 0.25) is 0 Å². The van der Waals surface area contributed by atoms with Gasteiger partial charge in [0.2, 0.25) is 0 Å². The molecule has 140 valence electrons. The van der Waals surface area contributed by atoms with Crippen LogP contribution in [0, 0.1) is 0 Å². The number of hydrogen-bond acceptors (Lipinski definition) is 5. The highest BCUT2D eigenvalue weighted by molar-refractivity contribution is 6.12. The number of anilines is 1. The highest BCUT2D eigenvalue weighted by Gasteiger charge is 2.16. The zero-order valence-electron chi connectivity index (χ0n) is 15.3. The lowest BCUT2D eigenvalue weighted by molar-refractivity contribution is 0.102. The van der Waals surface area contributed by atoms with Gasteiger partial charge >= 0.3 is 0 Å². The Morgan fingerprint density at radius 1 is 1.07 bits per heavy atom. The second-order valence-electron chi connectivity index (χ2n) is 6.18. The number of nitrogens with zero attached hydrogens (tertiary/aromatic N) is 4. The predicted molar refractivity (Wildman–Crippen MR) is 105 cm³/mol. The molecule has 8 nitrogen and oxygen atoms in total. The summed E-state index contributed by atoms with van der Waals surface area (Å²) in [5, 5.41) is 11.1. The lowest BCUT2D eigenvalue weighted by atomic mass is 10.1. The van der Waals surface area contributed by atoms with Gasteiger partial charge in [-0.1, -0.05) is 18.2 Å². The summed E-state index contributed by atoms with van der Waals surface area (Å²) in [6, 6.07) is 13.9. The second kappa shape index (κ2) is 6.99. The highest BCUT2D eigenvalue weighted by Crippen LogP contribution is 2.28. The van der Waals surface area contributed by atoms with Crippen molar-refractivity contribution in [3.05, 3.63) is 77.1 Å². The molecule has 0 aliphatic carbocycles. The molecule has 0 radical (unpaired) electrons. The normalized spacial score (nSPS) is 10.8. The number of ether oxygens (including phenoxy) is 1. The van der Waals surface area contributed by atoms with Crippen LogP contribution in [0.1, 0.15) is 10.4 Å². The minimum absolute atomic E-state index is 0.256. The van der Waals surface area contributed by atoms with Crippen molar-refractivity contribution < 1.29 is 9.53 Å². The van der Waals surface area contributed by atoms with Crippen LogP contribution in [0.25, 0.3) is 16.6 Å². The number of pyridine rings is 1. The van der Waals surface area contributed by atoms with Crippen LogP contribution in [0.5, 0.6) is 5.75 Å². The number of aryl methyl sites for hydroxylation is 1. The van der Waals surface area contributed by atoms with E-state index in [4.69, 9.17) is 4.74 Å². The molecule has 1 amide bonds. The fraction of sp³-hybridized carbons (Fsp3) is 0.100. The first kappa shape index (κ1) is 17.5. The average molecular weight is 375 g/mol. The van der Waals surface area contributed by atoms with E-state index in [0.29, 0.717) is 27.9 Å². The molecule has 1 N–H and O–H groups in total. The zero-order chi connectivity index (χ0) is 19.7. The van der Waals surface area contributed by atoms with E-state index in [9.17, 15) is 9.59 Å². The van der Waals surface area contributed by atoms with Gasteiger partial charge in [0.25, 0.3) is 11.5 Å². The van der Waals surface area contributed by atoms with E-state index in [2.05, 4.69) is 15.5 Å². The summed E-state index contributed by atoms with van der Waals surface area (Å²) >= 11 is 0. The number of amides is 1. The molecule has 0 unspecified atom stereocenters. The molecule has 8 heteroatoms. The van der Waals surface area contributed by atoms with Crippen LogP contribution >= 0.6 is 0 Å². The molecule has 0 fully saturated rings. The maximum absolute atomic E-state index is 13.0. The number of para-hydroxylation sites is 1. The molecule has 0 aliphatic rings. The molecule has 0 spiro atoms. The largest absolute Gasteiger partial charge is 0.495 e. The Labute approximate surface area is 160 Å². The van der Waals surface area contributed by atoms with Crippen molar-refractivity contribution in [1.29, 1.82) is 0 Å². The molecule has 2 aromatic carbocycles. The fourth-order valence-corrected chi connectivity index (χ4v) is 3.08. The second-order valence-corrected chi connectivity index (χ2v) is 6.18. The van der Waals surface area contributed by atoms with Crippen molar-refractivity contribution in [2.45, 2.75) is 0 Å². The van der Waals surface area contributed by atoms with Crippen LogP contribution in [0.15, 0.2) is 66.0 Å². The number of carbonyl (C=O) groups excluding carboxylic acids is 1. The molecule has 2 heterocycles. The number of nitrogens with one attached hydrogen (secondary N) is 1. The van der Waals surface area contributed by atoms with Crippen molar-refractivity contribution in [1.82, 2.24) is 19.3 Å². The van der Waals surface area contributed by atoms with Crippen LogP contribution in [-0.2, 0) is 7.05 Å². The van der Waals surface area contributed by atoms with Gasteiger partial charge in [-0.15, -0.1) is 10.2 Å². The molecule has 2 aromatic heterocycles. The Kier molecular flexibility index (Phi) is 4.36. The first-order chi connectivity index (χ1) is 13.6. The van der Waals surface area contributed by atoms with E-state index in [0.717, 1.165) is 5.69 Å². The maximum Gasteiger partial charge on any atom is 0.256 e. The Morgan fingerprint density at radius 3 is 2.57 bits per heavy atom. The molecule has 4 rings (SSSR count). The maximum atomic E-state index is 13.0. The van der Waals surface area contributed by atoms with E-state index >= 15 is 0 Å². The first-order valence-electron chi connectivity index (χ1n) is 8.51. The van der Waals surface area contributed by atoms with E-state index in [1.54, 1.807) is 42.5 Å². The Balaban J connectivity index is 1.77. The van der Waals surface area contributed by atoms with E-state index in [1.165, 1.54) is 17.7 Å². The van der Waals surface area contributed by atoms with Gasteiger partial charge in [-0.3, -0.25) is 14.2 Å². The molecular weight excluding hydrogens is 358 g/mol. The summed E-state index contributed by atoms with van der Waals surface area (Å²) in [4.78, 5) is 25.3. The number of benzene rings is 2. The summed E-state index contributed by atoms with van der Waals surface area (Å²) < 4.78 is 8.59. The van der Waals surface area contributed by atoms with Gasteiger partial charge < -0.3 is 14.6 Å². The van der Waals surface area contributed by atoms with Gasteiger partial charge in [-0.2, -0.15) is 0 Å². The Bertz CT molecular complexity index is 1230. The van der Waals surface area contributed by atoms with Crippen molar-refractivity contribution in [3.63, 3.8) is 0 Å². The summed E-state index contributed by atoms with van der Waals surface area (Å²) in [5.74, 6) is 0.103. The number of fused-ring (bicyclic) bond motifs is 1. The molecule has 0 aliphatic heterocycles. The summed E-state index contributed by atoms with van der Waals surface area (Å²) in [6.07, 6.45) is 3.11. The standard InChI is InChI=1S/C20H17N5O3/c1-24-17-6-4-3-5-14(17)15(10-19(24)26)20(27)23-16-9-13(7-8-18(16)28-2)25-11-21-22-12-25/h3-12H,1-2H3,(H,23,27). The van der Waals surface area contributed by atoms with Crippen LogP contribution < -0.4 is 15.6 Å². The van der Waals surface area contributed by atoms with Crippen molar-refractivity contribution >= 4 is 22.5 Å². The lowest BCUT2D eigenvalue weighted by Crippen LogP contribution is -2.21. The number of rotatable bonds is 4. The van der Waals surface area contributed by atoms with Gasteiger partial charge in [0.1, 0.15) is 18.4 Å². The minimum atomic E-state index is -0.395. The molecule has 0 atom stereocenters. The first-order valence-corrected chi connectivity index (χ1v) is 8.51. The monoisotopic (exact) mass is 375 g/mol. The summed E-state index contributed by atoms with van der Waals surface area (Å²) in [6.45, 7) is 0. The lowest BCUT2D eigenvalue weighted by Gasteiger charge is -2.14. The molecular formula is C20H17N5O3. The molecule has 28 heavy (non-hydrogen) atoms. The third-order valence-electron chi connectivity index (χ3n) is 4.55. The van der Waals surface area contributed by atoms with Crippen molar-refractivity contribution in [3.8, 4) is 11.4 Å². The van der Waals surface area contributed by atoms with E-state index in [1.807, 2.05) is 24.3 Å². The van der Waals surface area contributed by atoms with Crippen molar-refractivity contribution in [2.24, 2.45) is 7.05 Å². The average Bonchev–Trinajstić information content (AvgIpc) is 3.25. The number of methoxy groups -OCH3 is 1. The quantitative estimate of drug-likeness (QED) is 0.591. The Morgan fingerprint density at radius 2 is 1.82 bits per heavy atom. The minimum Gasteiger partial charge on any atom is -0.495 e. The van der Waals surface area contributed by atoms with Crippen LogP contribution in [-0.4, -0.2) is 32.3 Å². The third-order valence-corrected chi connectivity index (χ3v) is 4.55. The van der Waals surface area contributed by atoms with Gasteiger partial charge in [-0.05, 0) is 24.3 Å². The van der Waals surface area contributed by atoms with Crippen LogP contribution in [0.3, 0.4) is 0 Å². The van der Waals surface area contributed by atoms with Crippen molar-refractivity contribution in [2.75, 3.05) is 12.4 Å². The van der Waals surface area contributed by atoms with Gasteiger partial charge in [-0.25, -0.2) is 0 Å². The van der Waals surface area contributed by atoms with Gasteiger partial charge in [0.15, 0.2) is 0 Å². The van der Waals surface area contributed by atoms with E-state index in [-0.39, 0.29) is 5.56 Å². The fourth-order valence-electron chi connectivity index (χ4n) is 3.08. The van der Waals surface area contributed by atoms with Gasteiger partial charge in [0.05, 0.1) is 29.6 Å². The summed E-state index contributed by atoms with van der Waals surface area (Å²) in [7, 11) is 3.20. The predicted octanol–water partition coefficient (Wildman–Crippen LogP) is 2.38.